The van der Waals surface area contributed by atoms with Crippen LogP contribution in [0.5, 0.6) is 5.75 Å². The van der Waals surface area contributed by atoms with Gasteiger partial charge in [-0.15, -0.1) is 0 Å². The molecule has 2 aromatic carbocycles. The third kappa shape index (κ3) is 9.19. The maximum Gasteiger partial charge on any atom is 0.259 e. The van der Waals surface area contributed by atoms with Crippen LogP contribution in [0.3, 0.4) is 0 Å². The summed E-state index contributed by atoms with van der Waals surface area (Å²) < 4.78 is 7.04. The maximum atomic E-state index is 13.0. The van der Waals surface area contributed by atoms with Crippen LogP contribution in [0.4, 0.5) is 5.69 Å². The van der Waals surface area contributed by atoms with Gasteiger partial charge in [0.15, 0.2) is 0 Å². The number of rotatable bonds is 14. The summed E-state index contributed by atoms with van der Waals surface area (Å²) in [5.74, 6) is 0.333. The zero-order chi connectivity index (χ0) is 26.5. The molecule has 1 fully saturated rings. The first-order valence-electron chi connectivity index (χ1n) is 14.2. The molecule has 0 saturated carbocycles. The van der Waals surface area contributed by atoms with Crippen LogP contribution in [0.1, 0.15) is 92.4 Å². The lowest BCUT2D eigenvalue weighted by Gasteiger charge is -2.40. The normalized spacial score (nSPS) is 19.3. The fraction of sp³-hybridized carbons (Fsp3) is 0.548. The minimum Gasteiger partial charge on any atom is -0.493 e. The number of para-hydroxylation sites is 1. The molecule has 3 rings (SSSR count). The minimum absolute atomic E-state index is 0.0529. The van der Waals surface area contributed by atoms with Crippen molar-refractivity contribution in [3.05, 3.63) is 59.7 Å². The van der Waals surface area contributed by atoms with Crippen LogP contribution >= 0.6 is 0 Å². The SMILES string of the molecule is CCCCCCCCOc1ccccc1C(=O)Nc1ccc(C(=O)NC2CC[N+](C)(CCC)CC2)cc1. The first-order chi connectivity index (χ1) is 17.9. The first kappa shape index (κ1) is 28.7. The van der Waals surface area contributed by atoms with Gasteiger partial charge in [0.25, 0.3) is 11.8 Å². The molecule has 0 aromatic heterocycles. The van der Waals surface area contributed by atoms with E-state index < -0.39 is 0 Å². The van der Waals surface area contributed by atoms with Crippen LogP contribution in [0.25, 0.3) is 0 Å². The molecular formula is C31H46N3O3+. The summed E-state index contributed by atoms with van der Waals surface area (Å²) in [7, 11) is 2.31. The molecule has 2 aromatic rings. The molecule has 6 heteroatoms. The highest BCUT2D eigenvalue weighted by Crippen LogP contribution is 2.21. The van der Waals surface area contributed by atoms with E-state index in [1.807, 2.05) is 18.2 Å². The lowest BCUT2D eigenvalue weighted by atomic mass is 10.0. The van der Waals surface area contributed by atoms with Gasteiger partial charge < -0.3 is 19.9 Å². The lowest BCUT2D eigenvalue weighted by molar-refractivity contribution is -0.914. The highest BCUT2D eigenvalue weighted by Gasteiger charge is 2.30. The van der Waals surface area contributed by atoms with Crippen LogP contribution < -0.4 is 15.4 Å². The number of benzene rings is 2. The van der Waals surface area contributed by atoms with E-state index >= 15 is 0 Å². The van der Waals surface area contributed by atoms with Gasteiger partial charge in [-0.05, 0) is 49.2 Å². The smallest absolute Gasteiger partial charge is 0.259 e. The van der Waals surface area contributed by atoms with Crippen LogP contribution in [0, 0.1) is 0 Å². The number of piperidine rings is 1. The summed E-state index contributed by atoms with van der Waals surface area (Å²) in [4.78, 5) is 25.7. The summed E-state index contributed by atoms with van der Waals surface area (Å²) in [6, 6.07) is 14.7. The number of hydrogen-bond donors (Lipinski definition) is 2. The standard InChI is InChI=1S/C31H45N3O3/c1-4-6-7-8-9-12-24-37-29-14-11-10-13-28(29)31(36)33-26-17-15-25(16-18-26)30(35)32-27-19-22-34(3,21-5-2)23-20-27/h10-11,13-18,27H,4-9,12,19-24H2,1-3H3,(H-,32,33,35,36)/p+1. The summed E-state index contributed by atoms with van der Waals surface area (Å²) in [6.07, 6.45) is 10.4. The second-order valence-electron chi connectivity index (χ2n) is 10.7. The molecule has 0 spiro atoms. The van der Waals surface area contributed by atoms with E-state index in [9.17, 15) is 9.59 Å². The van der Waals surface area contributed by atoms with Gasteiger partial charge in [-0.3, -0.25) is 9.59 Å². The highest BCUT2D eigenvalue weighted by atomic mass is 16.5. The van der Waals surface area contributed by atoms with Crippen LogP contribution in [-0.2, 0) is 0 Å². The molecule has 1 heterocycles. The van der Waals surface area contributed by atoms with Gasteiger partial charge >= 0.3 is 0 Å². The Morgan fingerprint density at radius 2 is 1.54 bits per heavy atom. The largest absolute Gasteiger partial charge is 0.493 e. The van der Waals surface area contributed by atoms with Gasteiger partial charge in [-0.2, -0.15) is 0 Å². The summed E-state index contributed by atoms with van der Waals surface area (Å²) >= 11 is 0. The van der Waals surface area contributed by atoms with E-state index in [1.54, 1.807) is 30.3 Å². The molecule has 0 aliphatic carbocycles. The average Bonchev–Trinajstić information content (AvgIpc) is 2.90. The number of quaternary nitrogens is 1. The Morgan fingerprint density at radius 1 is 0.865 bits per heavy atom. The second kappa shape index (κ2) is 14.8. The molecule has 2 N–H and O–H groups in total. The number of unbranched alkanes of at least 4 members (excludes halogenated alkanes) is 5. The fourth-order valence-electron chi connectivity index (χ4n) is 5.12. The number of ether oxygens (including phenoxy) is 1. The molecule has 1 aliphatic heterocycles. The molecule has 202 valence electrons. The van der Waals surface area contributed by atoms with Crippen molar-refractivity contribution in [2.45, 2.75) is 77.7 Å². The van der Waals surface area contributed by atoms with Crippen molar-refractivity contribution >= 4 is 17.5 Å². The van der Waals surface area contributed by atoms with E-state index in [-0.39, 0.29) is 17.9 Å². The molecule has 0 atom stereocenters. The van der Waals surface area contributed by atoms with Crippen molar-refractivity contribution in [3.8, 4) is 5.75 Å². The van der Waals surface area contributed by atoms with Crippen molar-refractivity contribution in [3.63, 3.8) is 0 Å². The van der Waals surface area contributed by atoms with E-state index in [0.29, 0.717) is 29.2 Å². The van der Waals surface area contributed by atoms with Crippen LogP contribution in [0.15, 0.2) is 48.5 Å². The average molecular weight is 509 g/mol. The van der Waals surface area contributed by atoms with E-state index in [0.717, 1.165) is 43.3 Å². The van der Waals surface area contributed by atoms with Crippen molar-refractivity contribution in [1.29, 1.82) is 0 Å². The predicted octanol–water partition coefficient (Wildman–Crippen LogP) is 6.43. The Bertz CT molecular complexity index is 981. The third-order valence-electron chi connectivity index (χ3n) is 7.43. The number of carbonyl (C=O) groups excluding carboxylic acids is 2. The molecule has 0 radical (unpaired) electrons. The molecule has 0 unspecified atom stereocenters. The number of anilines is 1. The number of nitrogens with one attached hydrogen (secondary N) is 2. The lowest BCUT2D eigenvalue weighted by Crippen LogP contribution is -2.54. The van der Waals surface area contributed by atoms with Crippen molar-refractivity contribution in [1.82, 2.24) is 5.32 Å². The Labute approximate surface area is 223 Å². The van der Waals surface area contributed by atoms with Crippen LogP contribution in [-0.4, -0.2) is 55.6 Å². The Kier molecular flexibility index (Phi) is 11.5. The van der Waals surface area contributed by atoms with Crippen molar-refractivity contribution < 1.29 is 18.8 Å². The van der Waals surface area contributed by atoms with E-state index in [4.69, 9.17) is 4.74 Å². The third-order valence-corrected chi connectivity index (χ3v) is 7.43. The predicted molar refractivity (Wildman–Crippen MR) is 151 cm³/mol. The highest BCUT2D eigenvalue weighted by molar-refractivity contribution is 6.06. The fourth-order valence-corrected chi connectivity index (χ4v) is 5.12. The quantitative estimate of drug-likeness (QED) is 0.228. The maximum absolute atomic E-state index is 13.0. The van der Waals surface area contributed by atoms with Gasteiger partial charge in [0.1, 0.15) is 5.75 Å². The number of nitrogens with zero attached hydrogens (tertiary/aromatic N) is 1. The molecule has 37 heavy (non-hydrogen) atoms. The summed E-state index contributed by atoms with van der Waals surface area (Å²) in [6.45, 7) is 8.47. The van der Waals surface area contributed by atoms with Gasteiger partial charge in [-0.1, -0.05) is 58.1 Å². The number of likely N-dealkylation sites (tertiary alicyclic amines) is 1. The second-order valence-corrected chi connectivity index (χ2v) is 10.7. The Balaban J connectivity index is 1.48. The Hall–Kier alpha value is -2.86. The number of amides is 2. The topological polar surface area (TPSA) is 67.4 Å². The van der Waals surface area contributed by atoms with Gasteiger partial charge in [0, 0.05) is 30.1 Å². The molecule has 6 nitrogen and oxygen atoms in total. The Morgan fingerprint density at radius 3 is 2.24 bits per heavy atom. The zero-order valence-electron chi connectivity index (χ0n) is 23.1. The van der Waals surface area contributed by atoms with Gasteiger partial charge in [-0.25, -0.2) is 0 Å². The van der Waals surface area contributed by atoms with Crippen molar-refractivity contribution in [2.75, 3.05) is 38.6 Å². The van der Waals surface area contributed by atoms with Gasteiger partial charge in [0.2, 0.25) is 0 Å². The summed E-state index contributed by atoms with van der Waals surface area (Å²) in [5.41, 5.74) is 1.77. The molecule has 1 saturated heterocycles. The van der Waals surface area contributed by atoms with E-state index in [1.165, 1.54) is 38.6 Å². The molecule has 2 amide bonds. The van der Waals surface area contributed by atoms with Crippen molar-refractivity contribution in [2.24, 2.45) is 0 Å². The molecular weight excluding hydrogens is 462 g/mol. The summed E-state index contributed by atoms with van der Waals surface area (Å²) in [5, 5.41) is 6.13. The molecule has 0 bridgehead atoms. The van der Waals surface area contributed by atoms with Gasteiger partial charge in [0.05, 0.1) is 38.9 Å². The number of hydrogen-bond acceptors (Lipinski definition) is 3. The van der Waals surface area contributed by atoms with E-state index in [2.05, 4.69) is 31.5 Å². The monoisotopic (exact) mass is 508 g/mol. The molecule has 1 aliphatic rings. The number of carbonyl (C=O) groups is 2. The zero-order valence-corrected chi connectivity index (χ0v) is 23.1. The minimum atomic E-state index is -0.216. The first-order valence-corrected chi connectivity index (χ1v) is 14.2. The van der Waals surface area contributed by atoms with Crippen LogP contribution in [0.2, 0.25) is 0 Å².